The topological polar surface area (TPSA) is 83.3 Å². The van der Waals surface area contributed by atoms with Crippen molar-refractivity contribution < 1.29 is 18.0 Å². The fourth-order valence-corrected chi connectivity index (χ4v) is 3.90. The summed E-state index contributed by atoms with van der Waals surface area (Å²) in [6.07, 6.45) is 1.19. The number of carbonyl (C=O) groups is 1. The molecule has 1 fully saturated rings. The van der Waals surface area contributed by atoms with Gasteiger partial charge in [-0.25, -0.2) is 9.97 Å². The van der Waals surface area contributed by atoms with Gasteiger partial charge in [-0.15, -0.1) is 0 Å². The number of imidazole rings is 1. The molecular formula is C21H23F3N6O. The van der Waals surface area contributed by atoms with Gasteiger partial charge in [0, 0.05) is 31.5 Å². The number of pyridine rings is 2. The summed E-state index contributed by atoms with van der Waals surface area (Å²) < 4.78 is 40.4. The van der Waals surface area contributed by atoms with E-state index < -0.39 is 11.9 Å². The number of hydrogen-bond donors (Lipinski definition) is 3. The second-order valence-corrected chi connectivity index (χ2v) is 7.58. The summed E-state index contributed by atoms with van der Waals surface area (Å²) >= 11 is 0. The van der Waals surface area contributed by atoms with Crippen molar-refractivity contribution in [1.82, 2.24) is 19.7 Å². The normalized spacial score (nSPS) is 19.2. The maximum absolute atomic E-state index is 13.0. The van der Waals surface area contributed by atoms with Crippen molar-refractivity contribution >= 4 is 23.1 Å². The van der Waals surface area contributed by atoms with Gasteiger partial charge in [0.1, 0.15) is 11.5 Å². The van der Waals surface area contributed by atoms with Gasteiger partial charge in [0.15, 0.2) is 11.4 Å². The Morgan fingerprint density at radius 2 is 1.84 bits per heavy atom. The van der Waals surface area contributed by atoms with Crippen LogP contribution in [-0.2, 0) is 6.18 Å². The first-order valence-electron chi connectivity index (χ1n) is 10.1. The van der Waals surface area contributed by atoms with E-state index >= 15 is 0 Å². The van der Waals surface area contributed by atoms with E-state index in [1.54, 1.807) is 43.6 Å². The second kappa shape index (κ2) is 8.44. The molecule has 1 aliphatic carbocycles. The van der Waals surface area contributed by atoms with Crippen LogP contribution >= 0.6 is 0 Å². The van der Waals surface area contributed by atoms with Crippen LogP contribution in [0.1, 0.15) is 41.9 Å². The summed E-state index contributed by atoms with van der Waals surface area (Å²) in [5.41, 5.74) is 0.358. The van der Waals surface area contributed by atoms with Crippen molar-refractivity contribution in [2.24, 2.45) is 0 Å². The molecule has 0 bridgehead atoms. The summed E-state index contributed by atoms with van der Waals surface area (Å²) in [5.74, 6) is 0.351. The summed E-state index contributed by atoms with van der Waals surface area (Å²) in [6.45, 7) is 0. The van der Waals surface area contributed by atoms with Crippen LogP contribution in [0, 0.1) is 0 Å². The van der Waals surface area contributed by atoms with Gasteiger partial charge in [-0.1, -0.05) is 6.07 Å². The quantitative estimate of drug-likeness (QED) is 0.569. The van der Waals surface area contributed by atoms with Crippen molar-refractivity contribution in [1.29, 1.82) is 0 Å². The first-order valence-corrected chi connectivity index (χ1v) is 10.1. The van der Waals surface area contributed by atoms with Crippen molar-refractivity contribution in [3.63, 3.8) is 0 Å². The zero-order chi connectivity index (χ0) is 22.0. The highest BCUT2D eigenvalue weighted by Crippen LogP contribution is 2.30. The number of anilines is 2. The zero-order valence-corrected chi connectivity index (χ0v) is 16.9. The molecule has 10 heteroatoms. The number of nitrogens with one attached hydrogen (secondary N) is 3. The number of amides is 1. The molecule has 1 saturated carbocycles. The lowest BCUT2D eigenvalue weighted by Gasteiger charge is -2.30. The van der Waals surface area contributed by atoms with Crippen LogP contribution in [-0.4, -0.2) is 39.4 Å². The first-order chi connectivity index (χ1) is 14.8. The third-order valence-corrected chi connectivity index (χ3v) is 5.49. The third-order valence-electron chi connectivity index (χ3n) is 5.49. The maximum Gasteiger partial charge on any atom is 0.434 e. The number of aromatic nitrogens is 3. The van der Waals surface area contributed by atoms with Crippen molar-refractivity contribution in [2.45, 2.75) is 43.9 Å². The molecule has 31 heavy (non-hydrogen) atoms. The van der Waals surface area contributed by atoms with E-state index in [1.165, 1.54) is 4.40 Å². The Morgan fingerprint density at radius 3 is 2.55 bits per heavy atom. The number of alkyl halides is 3. The molecule has 3 aromatic heterocycles. The summed E-state index contributed by atoms with van der Waals surface area (Å²) in [4.78, 5) is 20.4. The monoisotopic (exact) mass is 432 g/mol. The number of fused-ring (bicyclic) bond motifs is 1. The standard InChI is InChI=1S/C21H23F3N6O/c1-25-15-4-3-11-26-19(15)20(31)28-14-9-7-13(8-10-14)27-17-5-2-6-18-29-16(12-30(17)18)21(22,23)24/h2-6,11-14,25,27H,7-10H2,1H3,(H,28,31). The summed E-state index contributed by atoms with van der Waals surface area (Å²) in [5, 5.41) is 9.33. The Hall–Kier alpha value is -3.30. The molecule has 3 heterocycles. The van der Waals surface area contributed by atoms with Gasteiger partial charge in [-0.2, -0.15) is 13.2 Å². The fraction of sp³-hybridized carbons (Fsp3) is 0.381. The van der Waals surface area contributed by atoms with Crippen LogP contribution in [0.25, 0.3) is 5.65 Å². The zero-order valence-electron chi connectivity index (χ0n) is 16.9. The molecule has 0 radical (unpaired) electrons. The van der Waals surface area contributed by atoms with E-state index in [1.807, 2.05) is 0 Å². The van der Waals surface area contributed by atoms with Gasteiger partial charge < -0.3 is 16.0 Å². The Kier molecular flexibility index (Phi) is 5.71. The van der Waals surface area contributed by atoms with E-state index in [2.05, 4.69) is 25.9 Å². The Labute approximate surface area is 177 Å². The molecule has 3 aromatic rings. The Morgan fingerprint density at radius 1 is 1.10 bits per heavy atom. The molecule has 7 nitrogen and oxygen atoms in total. The lowest BCUT2D eigenvalue weighted by atomic mass is 9.91. The molecular weight excluding hydrogens is 409 g/mol. The molecule has 3 N–H and O–H groups in total. The smallest absolute Gasteiger partial charge is 0.386 e. The van der Waals surface area contributed by atoms with Gasteiger partial charge in [0.2, 0.25) is 0 Å². The van der Waals surface area contributed by atoms with Gasteiger partial charge in [-0.05, 0) is 49.9 Å². The molecule has 1 amide bonds. The molecule has 164 valence electrons. The first kappa shape index (κ1) is 21.0. The van der Waals surface area contributed by atoms with Gasteiger partial charge in [0.25, 0.3) is 5.91 Å². The predicted octanol–water partition coefficient (Wildman–Crippen LogP) is 3.94. The van der Waals surface area contributed by atoms with Crippen LogP contribution in [0.15, 0.2) is 42.7 Å². The fourth-order valence-electron chi connectivity index (χ4n) is 3.90. The number of nitrogens with zero attached hydrogens (tertiary/aromatic N) is 3. The summed E-state index contributed by atoms with van der Waals surface area (Å²) in [6, 6.07) is 8.65. The largest absolute Gasteiger partial charge is 0.434 e. The minimum absolute atomic E-state index is 0.0260. The van der Waals surface area contributed by atoms with Crippen LogP contribution < -0.4 is 16.0 Å². The third kappa shape index (κ3) is 4.57. The molecule has 4 rings (SSSR count). The average molecular weight is 432 g/mol. The lowest BCUT2D eigenvalue weighted by molar-refractivity contribution is -0.140. The molecule has 0 aromatic carbocycles. The van der Waals surface area contributed by atoms with E-state index in [9.17, 15) is 18.0 Å². The van der Waals surface area contributed by atoms with E-state index in [4.69, 9.17) is 0 Å². The van der Waals surface area contributed by atoms with E-state index in [-0.39, 0.29) is 23.6 Å². The molecule has 0 aliphatic heterocycles. The number of rotatable bonds is 5. The second-order valence-electron chi connectivity index (χ2n) is 7.58. The molecule has 0 saturated heterocycles. The Bertz CT molecular complexity index is 1070. The average Bonchev–Trinajstić information content (AvgIpc) is 3.21. The van der Waals surface area contributed by atoms with Gasteiger partial charge >= 0.3 is 6.18 Å². The van der Waals surface area contributed by atoms with Crippen LogP contribution in [0.4, 0.5) is 24.7 Å². The highest BCUT2D eigenvalue weighted by atomic mass is 19.4. The summed E-state index contributed by atoms with van der Waals surface area (Å²) in [7, 11) is 1.74. The van der Waals surface area contributed by atoms with Crippen molar-refractivity contribution in [3.8, 4) is 0 Å². The van der Waals surface area contributed by atoms with Gasteiger partial charge in [-0.3, -0.25) is 9.20 Å². The molecule has 0 spiro atoms. The van der Waals surface area contributed by atoms with Crippen molar-refractivity contribution in [3.05, 3.63) is 54.1 Å². The number of hydrogen-bond acceptors (Lipinski definition) is 5. The van der Waals surface area contributed by atoms with Crippen LogP contribution in [0.5, 0.6) is 0 Å². The minimum Gasteiger partial charge on any atom is -0.386 e. The predicted molar refractivity (Wildman–Crippen MR) is 111 cm³/mol. The molecule has 1 aliphatic rings. The highest BCUT2D eigenvalue weighted by Gasteiger charge is 2.34. The maximum atomic E-state index is 13.0. The highest BCUT2D eigenvalue weighted by molar-refractivity contribution is 5.97. The van der Waals surface area contributed by atoms with Crippen molar-refractivity contribution in [2.75, 3.05) is 17.7 Å². The van der Waals surface area contributed by atoms with Crippen LogP contribution in [0.2, 0.25) is 0 Å². The Balaban J connectivity index is 1.37. The lowest BCUT2D eigenvalue weighted by Crippen LogP contribution is -2.40. The SMILES string of the molecule is CNc1cccnc1C(=O)NC1CCC(Nc2cccc3nc(C(F)(F)F)cn23)CC1. The molecule has 0 unspecified atom stereocenters. The number of carbonyl (C=O) groups excluding carboxylic acids is 1. The van der Waals surface area contributed by atoms with E-state index in [0.717, 1.165) is 31.9 Å². The molecule has 0 atom stereocenters. The number of halogens is 3. The minimum atomic E-state index is -4.49. The van der Waals surface area contributed by atoms with Gasteiger partial charge in [0.05, 0.1) is 5.69 Å². The van der Waals surface area contributed by atoms with Crippen LogP contribution in [0.3, 0.4) is 0 Å². The van der Waals surface area contributed by atoms with E-state index in [0.29, 0.717) is 17.2 Å².